The highest BCUT2D eigenvalue weighted by Crippen LogP contribution is 2.37. The number of amides is 1. The van der Waals surface area contributed by atoms with Crippen LogP contribution >= 0.6 is 0 Å². The summed E-state index contributed by atoms with van der Waals surface area (Å²) < 4.78 is 10.9. The SMILES string of the molecule is COc1c(N2CCOCC2)cc(C(N)=O)c2[nH]ncc12. The lowest BCUT2D eigenvalue weighted by atomic mass is 10.1. The highest BCUT2D eigenvalue weighted by molar-refractivity contribution is 6.08. The zero-order valence-corrected chi connectivity index (χ0v) is 11.2. The van der Waals surface area contributed by atoms with Crippen molar-refractivity contribution in [1.29, 1.82) is 0 Å². The molecule has 20 heavy (non-hydrogen) atoms. The van der Waals surface area contributed by atoms with Crippen LogP contribution in [-0.4, -0.2) is 49.5 Å². The zero-order valence-electron chi connectivity index (χ0n) is 11.2. The van der Waals surface area contributed by atoms with Gasteiger partial charge in [-0.2, -0.15) is 5.10 Å². The first-order chi connectivity index (χ1) is 9.72. The number of nitrogens with two attached hydrogens (primary N) is 1. The maximum atomic E-state index is 11.6. The molecule has 1 aromatic heterocycles. The number of aromatic nitrogens is 2. The van der Waals surface area contributed by atoms with Gasteiger partial charge in [-0.3, -0.25) is 9.89 Å². The number of morpholine rings is 1. The lowest BCUT2D eigenvalue weighted by Crippen LogP contribution is -2.36. The summed E-state index contributed by atoms with van der Waals surface area (Å²) in [5, 5.41) is 7.54. The van der Waals surface area contributed by atoms with Crippen LogP contribution in [0.15, 0.2) is 12.3 Å². The van der Waals surface area contributed by atoms with Gasteiger partial charge < -0.3 is 20.1 Å². The van der Waals surface area contributed by atoms with Gasteiger partial charge in [-0.25, -0.2) is 0 Å². The number of benzene rings is 1. The van der Waals surface area contributed by atoms with Crippen molar-refractivity contribution < 1.29 is 14.3 Å². The quantitative estimate of drug-likeness (QED) is 0.851. The number of ether oxygens (including phenoxy) is 2. The van der Waals surface area contributed by atoms with Crippen molar-refractivity contribution in [2.75, 3.05) is 38.3 Å². The third kappa shape index (κ3) is 1.96. The second kappa shape index (κ2) is 5.01. The Morgan fingerprint density at radius 2 is 2.25 bits per heavy atom. The molecule has 1 aliphatic rings. The van der Waals surface area contributed by atoms with Gasteiger partial charge in [-0.05, 0) is 6.07 Å². The van der Waals surface area contributed by atoms with E-state index in [0.717, 1.165) is 24.2 Å². The zero-order chi connectivity index (χ0) is 14.1. The fourth-order valence-corrected chi connectivity index (χ4v) is 2.52. The average Bonchev–Trinajstić information content (AvgIpc) is 2.95. The molecule has 1 amide bonds. The molecule has 7 nitrogen and oxygen atoms in total. The first-order valence-electron chi connectivity index (χ1n) is 6.39. The highest BCUT2D eigenvalue weighted by atomic mass is 16.5. The first kappa shape index (κ1) is 12.7. The molecule has 106 valence electrons. The molecule has 0 atom stereocenters. The molecule has 0 aliphatic carbocycles. The molecule has 0 bridgehead atoms. The molecular weight excluding hydrogens is 260 g/mol. The molecule has 3 N–H and O–H groups in total. The van der Waals surface area contributed by atoms with Crippen LogP contribution in [0.5, 0.6) is 5.75 Å². The minimum absolute atomic E-state index is 0.416. The lowest BCUT2D eigenvalue weighted by Gasteiger charge is -2.30. The Balaban J connectivity index is 2.20. The summed E-state index contributed by atoms with van der Waals surface area (Å²) in [7, 11) is 1.61. The minimum Gasteiger partial charge on any atom is -0.494 e. The van der Waals surface area contributed by atoms with E-state index in [4.69, 9.17) is 15.2 Å². The van der Waals surface area contributed by atoms with Crippen LogP contribution in [0.2, 0.25) is 0 Å². The highest BCUT2D eigenvalue weighted by Gasteiger charge is 2.22. The van der Waals surface area contributed by atoms with E-state index in [9.17, 15) is 4.79 Å². The molecule has 7 heteroatoms. The van der Waals surface area contributed by atoms with Gasteiger partial charge >= 0.3 is 0 Å². The Kier molecular flexibility index (Phi) is 3.19. The molecule has 0 spiro atoms. The fraction of sp³-hybridized carbons (Fsp3) is 0.385. The molecule has 3 rings (SSSR count). The van der Waals surface area contributed by atoms with E-state index in [1.54, 1.807) is 19.4 Å². The van der Waals surface area contributed by atoms with E-state index < -0.39 is 5.91 Å². The number of primary amides is 1. The van der Waals surface area contributed by atoms with Gasteiger partial charge in [0.2, 0.25) is 0 Å². The van der Waals surface area contributed by atoms with Gasteiger partial charge in [-0.1, -0.05) is 0 Å². The normalized spacial score (nSPS) is 15.6. The maximum absolute atomic E-state index is 11.6. The molecule has 0 unspecified atom stereocenters. The van der Waals surface area contributed by atoms with Crippen molar-refractivity contribution in [3.8, 4) is 5.75 Å². The van der Waals surface area contributed by atoms with Gasteiger partial charge in [-0.15, -0.1) is 0 Å². The van der Waals surface area contributed by atoms with Crippen LogP contribution in [0.3, 0.4) is 0 Å². The fourth-order valence-electron chi connectivity index (χ4n) is 2.52. The molecule has 1 fully saturated rings. The molecule has 1 aromatic carbocycles. The summed E-state index contributed by atoms with van der Waals surface area (Å²) in [6, 6.07) is 1.76. The number of H-pyrrole nitrogens is 1. The molecule has 0 radical (unpaired) electrons. The van der Waals surface area contributed by atoms with Crippen molar-refractivity contribution in [1.82, 2.24) is 10.2 Å². The number of nitrogens with one attached hydrogen (secondary N) is 1. The van der Waals surface area contributed by atoms with Crippen LogP contribution in [0.25, 0.3) is 10.9 Å². The van der Waals surface area contributed by atoms with Crippen LogP contribution in [-0.2, 0) is 4.74 Å². The number of rotatable bonds is 3. The van der Waals surface area contributed by atoms with E-state index in [2.05, 4.69) is 15.1 Å². The summed E-state index contributed by atoms with van der Waals surface area (Å²) in [5.41, 5.74) is 7.32. The summed E-state index contributed by atoms with van der Waals surface area (Å²) >= 11 is 0. The lowest BCUT2D eigenvalue weighted by molar-refractivity contribution is 0.100. The molecule has 2 aromatic rings. The topological polar surface area (TPSA) is 93.5 Å². The monoisotopic (exact) mass is 276 g/mol. The van der Waals surface area contributed by atoms with Crippen LogP contribution in [0, 0.1) is 0 Å². The first-order valence-corrected chi connectivity index (χ1v) is 6.39. The second-order valence-electron chi connectivity index (χ2n) is 4.60. The van der Waals surface area contributed by atoms with Crippen LogP contribution in [0.1, 0.15) is 10.4 Å². The molecule has 1 aliphatic heterocycles. The van der Waals surface area contributed by atoms with E-state index in [0.29, 0.717) is 30.0 Å². The number of aromatic amines is 1. The summed E-state index contributed by atoms with van der Waals surface area (Å²) in [6.45, 7) is 2.80. The summed E-state index contributed by atoms with van der Waals surface area (Å²) in [5.74, 6) is 0.206. The number of nitrogens with zero attached hydrogens (tertiary/aromatic N) is 2. The van der Waals surface area contributed by atoms with Gasteiger partial charge in [0, 0.05) is 13.1 Å². The van der Waals surface area contributed by atoms with E-state index in [-0.39, 0.29) is 0 Å². The van der Waals surface area contributed by atoms with E-state index in [1.807, 2.05) is 0 Å². The third-order valence-corrected chi connectivity index (χ3v) is 3.49. The number of anilines is 1. The predicted molar refractivity (Wildman–Crippen MR) is 74.2 cm³/mol. The molecule has 2 heterocycles. The smallest absolute Gasteiger partial charge is 0.250 e. The van der Waals surface area contributed by atoms with Gasteiger partial charge in [0.25, 0.3) is 5.91 Å². The average molecular weight is 276 g/mol. The molecule has 0 saturated carbocycles. The van der Waals surface area contributed by atoms with Gasteiger partial charge in [0.05, 0.1) is 48.7 Å². The van der Waals surface area contributed by atoms with Crippen molar-refractivity contribution >= 4 is 22.5 Å². The molecular formula is C13H16N4O3. The minimum atomic E-state index is -0.489. The van der Waals surface area contributed by atoms with Gasteiger partial charge in [0.1, 0.15) is 0 Å². The summed E-state index contributed by atoms with van der Waals surface area (Å²) in [4.78, 5) is 13.8. The van der Waals surface area contributed by atoms with E-state index >= 15 is 0 Å². The van der Waals surface area contributed by atoms with Crippen LogP contribution in [0.4, 0.5) is 5.69 Å². The number of carbonyl (C=O) groups is 1. The third-order valence-electron chi connectivity index (χ3n) is 3.49. The number of hydrogen-bond donors (Lipinski definition) is 2. The predicted octanol–water partition coefficient (Wildman–Crippen LogP) is 0.507. The van der Waals surface area contributed by atoms with Crippen molar-refractivity contribution in [3.63, 3.8) is 0 Å². The summed E-state index contributed by atoms with van der Waals surface area (Å²) in [6.07, 6.45) is 1.64. The Morgan fingerprint density at radius 3 is 2.90 bits per heavy atom. The second-order valence-corrected chi connectivity index (χ2v) is 4.60. The van der Waals surface area contributed by atoms with Crippen molar-refractivity contribution in [3.05, 3.63) is 17.8 Å². The largest absolute Gasteiger partial charge is 0.494 e. The van der Waals surface area contributed by atoms with Crippen LogP contribution < -0.4 is 15.4 Å². The van der Waals surface area contributed by atoms with Crippen molar-refractivity contribution in [2.45, 2.75) is 0 Å². The Bertz CT molecular complexity index is 646. The van der Waals surface area contributed by atoms with E-state index in [1.165, 1.54) is 0 Å². The number of hydrogen-bond acceptors (Lipinski definition) is 5. The number of carbonyl (C=O) groups excluding carboxylic acids is 1. The number of fused-ring (bicyclic) bond motifs is 1. The maximum Gasteiger partial charge on any atom is 0.250 e. The number of methoxy groups -OCH3 is 1. The molecule has 1 saturated heterocycles. The Labute approximate surface area is 115 Å². The van der Waals surface area contributed by atoms with Crippen molar-refractivity contribution in [2.24, 2.45) is 5.73 Å². The Hall–Kier alpha value is -2.28. The Morgan fingerprint density at radius 1 is 1.50 bits per heavy atom. The van der Waals surface area contributed by atoms with Gasteiger partial charge in [0.15, 0.2) is 5.75 Å². The standard InChI is InChI=1S/C13H16N4O3/c1-19-12-9-7-15-16-11(9)8(13(14)18)6-10(12)17-2-4-20-5-3-17/h6-7H,2-5H2,1H3,(H2,14,18)(H,15,16).